The molecule has 0 N–H and O–H groups in total. The molecule has 10 rings (SSSR count). The Balaban J connectivity index is 1.13. The Bertz CT molecular complexity index is 2800. The van der Waals surface area contributed by atoms with E-state index < -0.39 is 0 Å². The zero-order chi connectivity index (χ0) is 32.7. The molecule has 0 atom stereocenters. The van der Waals surface area contributed by atoms with Gasteiger partial charge in [0.1, 0.15) is 0 Å². The van der Waals surface area contributed by atoms with E-state index in [0.29, 0.717) is 0 Å². The highest BCUT2D eigenvalue weighted by atomic mass is 14.4. The number of rotatable bonds is 3. The van der Waals surface area contributed by atoms with Crippen LogP contribution in [-0.4, -0.2) is 0 Å². The smallest absolute Gasteiger partial charge is 0.0159 e. The number of hydrogen-bond donors (Lipinski definition) is 0. The van der Waals surface area contributed by atoms with Gasteiger partial charge >= 0.3 is 0 Å². The normalized spacial score (nSPS) is 13.3. The maximum Gasteiger partial charge on any atom is 0.0159 e. The van der Waals surface area contributed by atoms with Crippen LogP contribution in [0.5, 0.6) is 0 Å². The minimum Gasteiger partial charge on any atom is -0.0619 e. The molecule has 0 saturated heterocycles. The Morgan fingerprint density at radius 3 is 1.57 bits per heavy atom. The quantitative estimate of drug-likeness (QED) is 0.172. The van der Waals surface area contributed by atoms with Gasteiger partial charge in [0.25, 0.3) is 0 Å². The highest BCUT2D eigenvalue weighted by Crippen LogP contribution is 2.50. The molecular formula is C49H34. The Morgan fingerprint density at radius 2 is 0.816 bits per heavy atom. The molecule has 0 heterocycles. The van der Waals surface area contributed by atoms with E-state index in [-0.39, 0.29) is 5.41 Å². The first-order chi connectivity index (χ1) is 24.1. The Labute approximate surface area is 286 Å². The van der Waals surface area contributed by atoms with Crippen molar-refractivity contribution in [1.29, 1.82) is 0 Å². The zero-order valence-corrected chi connectivity index (χ0v) is 27.7. The van der Waals surface area contributed by atoms with Crippen molar-refractivity contribution in [2.24, 2.45) is 0 Å². The van der Waals surface area contributed by atoms with Crippen molar-refractivity contribution in [3.63, 3.8) is 0 Å². The van der Waals surface area contributed by atoms with Crippen LogP contribution >= 0.6 is 0 Å². The zero-order valence-electron chi connectivity index (χ0n) is 27.7. The number of hydrogen-bond acceptors (Lipinski definition) is 0. The van der Waals surface area contributed by atoms with E-state index in [1.54, 1.807) is 0 Å². The minimum absolute atomic E-state index is 0.0304. The van der Waals surface area contributed by atoms with E-state index in [1.807, 2.05) is 0 Å². The molecule has 0 amide bonds. The van der Waals surface area contributed by atoms with Crippen LogP contribution in [0.4, 0.5) is 0 Å². The van der Waals surface area contributed by atoms with Gasteiger partial charge in [0, 0.05) is 5.41 Å². The molecule has 230 valence electrons. The summed E-state index contributed by atoms with van der Waals surface area (Å²) in [4.78, 5) is 0. The molecule has 9 aromatic rings. The Kier molecular flexibility index (Phi) is 6.02. The summed E-state index contributed by atoms with van der Waals surface area (Å²) in [5.74, 6) is 0. The summed E-state index contributed by atoms with van der Waals surface area (Å²) >= 11 is 0. The third-order valence-electron chi connectivity index (χ3n) is 11.1. The molecule has 0 nitrogen and oxygen atoms in total. The highest BCUT2D eigenvalue weighted by molar-refractivity contribution is 6.21. The van der Waals surface area contributed by atoms with Crippen molar-refractivity contribution < 1.29 is 0 Å². The lowest BCUT2D eigenvalue weighted by atomic mass is 9.81. The Morgan fingerprint density at radius 1 is 0.286 bits per heavy atom. The van der Waals surface area contributed by atoms with Crippen LogP contribution in [0.2, 0.25) is 0 Å². The van der Waals surface area contributed by atoms with E-state index in [9.17, 15) is 0 Å². The van der Waals surface area contributed by atoms with Crippen LogP contribution in [0, 0.1) is 0 Å². The molecule has 0 aromatic heterocycles. The minimum atomic E-state index is -0.0304. The van der Waals surface area contributed by atoms with Crippen LogP contribution in [0.1, 0.15) is 25.0 Å². The first-order valence-corrected chi connectivity index (χ1v) is 17.3. The largest absolute Gasteiger partial charge is 0.0619 e. The molecule has 1 aliphatic carbocycles. The van der Waals surface area contributed by atoms with Gasteiger partial charge < -0.3 is 0 Å². The molecule has 0 saturated carbocycles. The van der Waals surface area contributed by atoms with Gasteiger partial charge in [-0.15, -0.1) is 0 Å². The highest BCUT2D eigenvalue weighted by Gasteiger charge is 2.35. The molecule has 0 spiro atoms. The average Bonchev–Trinajstić information content (AvgIpc) is 3.39. The van der Waals surface area contributed by atoms with Crippen LogP contribution < -0.4 is 0 Å². The monoisotopic (exact) mass is 622 g/mol. The summed E-state index contributed by atoms with van der Waals surface area (Å²) in [6.07, 6.45) is 0. The predicted octanol–water partition coefficient (Wildman–Crippen LogP) is 13.6. The van der Waals surface area contributed by atoms with Crippen molar-refractivity contribution >= 4 is 43.1 Å². The van der Waals surface area contributed by atoms with Crippen molar-refractivity contribution in [2.75, 3.05) is 0 Å². The first-order valence-electron chi connectivity index (χ1n) is 17.3. The van der Waals surface area contributed by atoms with Crippen LogP contribution in [-0.2, 0) is 5.41 Å². The van der Waals surface area contributed by atoms with Crippen molar-refractivity contribution in [1.82, 2.24) is 0 Å². The summed E-state index contributed by atoms with van der Waals surface area (Å²) in [6.45, 7) is 4.72. The van der Waals surface area contributed by atoms with E-state index in [1.165, 1.54) is 98.7 Å². The van der Waals surface area contributed by atoms with Crippen molar-refractivity contribution in [2.45, 2.75) is 19.3 Å². The standard InChI is InChI=1S/C49H34/c1-49(2)47-21-10-9-20-43(47)44-25-23-34(29-48(44)49)37-27-26-36(38-16-5-6-17-39(37)38)32-13-11-14-33(28-32)45-30-46-35-15-4-3-12-31(35)22-24-42(46)40-18-7-8-19-41(40)45/h3-30H,1-2H3. The van der Waals surface area contributed by atoms with E-state index in [0.717, 1.165) is 0 Å². The van der Waals surface area contributed by atoms with Crippen LogP contribution in [0.25, 0.3) is 87.6 Å². The van der Waals surface area contributed by atoms with Gasteiger partial charge in [0.05, 0.1) is 0 Å². The molecule has 0 fully saturated rings. The summed E-state index contributed by atoms with van der Waals surface area (Å²) in [5, 5.41) is 10.3. The molecule has 1 aliphatic rings. The summed E-state index contributed by atoms with van der Waals surface area (Å²) in [5.41, 5.74) is 13.0. The van der Waals surface area contributed by atoms with Gasteiger partial charge in [-0.3, -0.25) is 0 Å². The van der Waals surface area contributed by atoms with E-state index in [2.05, 4.69) is 184 Å². The fourth-order valence-electron chi connectivity index (χ4n) is 8.63. The van der Waals surface area contributed by atoms with E-state index in [4.69, 9.17) is 0 Å². The molecule has 0 bridgehead atoms. The summed E-state index contributed by atoms with van der Waals surface area (Å²) in [7, 11) is 0. The van der Waals surface area contributed by atoms with Crippen LogP contribution in [0.3, 0.4) is 0 Å². The maximum absolute atomic E-state index is 2.44. The molecular weight excluding hydrogens is 589 g/mol. The summed E-state index contributed by atoms with van der Waals surface area (Å²) in [6, 6.07) is 63.2. The summed E-state index contributed by atoms with van der Waals surface area (Å²) < 4.78 is 0. The molecule has 0 heteroatoms. The van der Waals surface area contributed by atoms with E-state index >= 15 is 0 Å². The fourth-order valence-corrected chi connectivity index (χ4v) is 8.63. The van der Waals surface area contributed by atoms with Gasteiger partial charge in [0.2, 0.25) is 0 Å². The lowest BCUT2D eigenvalue weighted by Crippen LogP contribution is -2.14. The number of benzene rings is 9. The molecule has 49 heavy (non-hydrogen) atoms. The topological polar surface area (TPSA) is 0 Å². The first kappa shape index (κ1) is 28.1. The van der Waals surface area contributed by atoms with Crippen LogP contribution in [0.15, 0.2) is 170 Å². The molecule has 0 unspecified atom stereocenters. The van der Waals surface area contributed by atoms with Gasteiger partial charge in [-0.25, -0.2) is 0 Å². The SMILES string of the molecule is CC1(C)c2ccccc2-c2ccc(-c3ccc(-c4cccc(-c5cc6c7ccccc7ccc6c6ccccc56)c4)c4ccccc34)cc21. The predicted molar refractivity (Wildman–Crippen MR) is 210 cm³/mol. The van der Waals surface area contributed by atoms with Gasteiger partial charge in [-0.2, -0.15) is 0 Å². The van der Waals surface area contributed by atoms with Gasteiger partial charge in [0.15, 0.2) is 0 Å². The third-order valence-corrected chi connectivity index (χ3v) is 11.1. The maximum atomic E-state index is 2.44. The second-order valence-electron chi connectivity index (χ2n) is 14.1. The van der Waals surface area contributed by atoms with Crippen molar-refractivity contribution in [3.05, 3.63) is 181 Å². The van der Waals surface area contributed by atoms with Gasteiger partial charge in [-0.05, 0) is 117 Å². The molecule has 0 radical (unpaired) electrons. The molecule has 0 aliphatic heterocycles. The number of fused-ring (bicyclic) bond motifs is 9. The van der Waals surface area contributed by atoms with Crippen molar-refractivity contribution in [3.8, 4) is 44.5 Å². The molecule has 9 aromatic carbocycles. The lowest BCUT2D eigenvalue weighted by Gasteiger charge is -2.22. The lowest BCUT2D eigenvalue weighted by molar-refractivity contribution is 0.660. The van der Waals surface area contributed by atoms with Gasteiger partial charge in [-0.1, -0.05) is 166 Å². The fraction of sp³-hybridized carbons (Fsp3) is 0.0612. The second kappa shape index (κ2) is 10.5. The second-order valence-corrected chi connectivity index (χ2v) is 14.1. The third kappa shape index (κ3) is 4.17. The Hall–Kier alpha value is -5.98. The average molecular weight is 623 g/mol.